The van der Waals surface area contributed by atoms with E-state index in [0.29, 0.717) is 63.2 Å². The normalized spacial score (nSPS) is 37.1. The van der Waals surface area contributed by atoms with Crippen molar-refractivity contribution in [2.24, 2.45) is 34.0 Å². The molecule has 3 saturated carbocycles. The van der Waals surface area contributed by atoms with Crippen LogP contribution >= 0.6 is 0 Å². The Morgan fingerprint density at radius 3 is 2.64 bits per heavy atom. The van der Waals surface area contributed by atoms with E-state index in [1.54, 1.807) is 12.5 Å². The van der Waals surface area contributed by atoms with Crippen LogP contribution in [0.3, 0.4) is 0 Å². The van der Waals surface area contributed by atoms with Gasteiger partial charge in [0.15, 0.2) is 5.65 Å². The first-order valence-electron chi connectivity index (χ1n) is 16.6. The number of nitrogens with zero attached hydrogens (tertiary/aromatic N) is 6. The average Bonchev–Trinajstić information content (AvgIpc) is 3.62. The number of rotatable bonds is 7. The highest BCUT2D eigenvalue weighted by Gasteiger charge is 2.68. The molecule has 2 aromatic rings. The number of amides is 1. The van der Waals surface area contributed by atoms with E-state index in [2.05, 4.69) is 42.3 Å². The van der Waals surface area contributed by atoms with Crippen LogP contribution in [0.1, 0.15) is 66.2 Å². The summed E-state index contributed by atoms with van der Waals surface area (Å²) in [6.45, 7) is 15.4. The van der Waals surface area contributed by atoms with Gasteiger partial charge in [-0.2, -0.15) is 0 Å². The number of ether oxygens (including phenoxy) is 1. The predicted octanol–water partition coefficient (Wildman–Crippen LogP) is 3.27. The van der Waals surface area contributed by atoms with Crippen molar-refractivity contribution in [3.05, 3.63) is 31.5 Å². The second-order valence-electron chi connectivity index (χ2n) is 14.6. The topological polar surface area (TPSA) is 131 Å². The van der Waals surface area contributed by atoms with E-state index < -0.39 is 23.0 Å². The molecule has 1 saturated heterocycles. The molecule has 2 aromatic heterocycles. The van der Waals surface area contributed by atoms with Crippen LogP contribution in [-0.2, 0) is 25.7 Å². The van der Waals surface area contributed by atoms with E-state index in [1.807, 2.05) is 27.4 Å². The number of aliphatic hydroxyl groups is 1. The molecule has 3 aliphatic carbocycles. The molecule has 0 spiro atoms. The summed E-state index contributed by atoms with van der Waals surface area (Å²) >= 11 is 0. The lowest BCUT2D eigenvalue weighted by Gasteiger charge is -2.61. The highest BCUT2D eigenvalue weighted by atomic mass is 16.5. The van der Waals surface area contributed by atoms with Crippen molar-refractivity contribution in [3.8, 4) is 0 Å². The molecule has 2 bridgehead atoms. The highest BCUT2D eigenvalue weighted by molar-refractivity contribution is 5.86. The number of esters is 1. The summed E-state index contributed by atoms with van der Waals surface area (Å²) in [5.41, 5.74) is -0.0751. The molecule has 8 atom stereocenters. The molecule has 45 heavy (non-hydrogen) atoms. The molecule has 6 rings (SSSR count). The predicted molar refractivity (Wildman–Crippen MR) is 168 cm³/mol. The van der Waals surface area contributed by atoms with Gasteiger partial charge in [0, 0.05) is 62.3 Å². The van der Waals surface area contributed by atoms with Gasteiger partial charge in [-0.05, 0) is 42.9 Å². The lowest BCUT2D eigenvalue weighted by atomic mass is 9.44. The fourth-order valence-corrected chi connectivity index (χ4v) is 9.39. The minimum Gasteiger partial charge on any atom is -0.461 e. The van der Waals surface area contributed by atoms with Gasteiger partial charge in [0.2, 0.25) is 5.91 Å². The molecule has 0 unspecified atom stereocenters. The van der Waals surface area contributed by atoms with E-state index in [9.17, 15) is 19.5 Å². The number of fused-ring (bicyclic) bond motifs is 1. The summed E-state index contributed by atoms with van der Waals surface area (Å²) in [6, 6.07) is 0. The van der Waals surface area contributed by atoms with Crippen molar-refractivity contribution in [2.45, 2.75) is 85.0 Å². The van der Waals surface area contributed by atoms with Crippen molar-refractivity contribution >= 4 is 28.8 Å². The standard InChI is InChI=1S/C34H48N6O5/c1-6-32(4)17-26(33(5)22(2)7-10-34(23(3)30(32)44)11-8-25(41)29(33)34)45-28(43)19-38-13-15-39(16-14-38)27(42)9-12-40-21-37-24-18-35-20-36-31(24)40/h6,18,20-23,26,29-30,44H,1,7-17,19H2,2-5H3/t22-,23+,26-,29+,30+,32-,33+,34+/m1/s1. The lowest BCUT2D eigenvalue weighted by molar-refractivity contribution is -0.207. The van der Waals surface area contributed by atoms with Crippen LogP contribution in [0.5, 0.6) is 0 Å². The number of aliphatic hydroxyl groups excluding tert-OH is 1. The third kappa shape index (κ3) is 5.29. The summed E-state index contributed by atoms with van der Waals surface area (Å²) in [7, 11) is 0. The van der Waals surface area contributed by atoms with E-state index in [0.717, 1.165) is 19.3 Å². The minimum atomic E-state index is -0.686. The zero-order valence-corrected chi connectivity index (χ0v) is 27.2. The molecule has 1 amide bonds. The van der Waals surface area contributed by atoms with Gasteiger partial charge in [0.1, 0.15) is 23.7 Å². The van der Waals surface area contributed by atoms with E-state index >= 15 is 0 Å². The van der Waals surface area contributed by atoms with Gasteiger partial charge in [0.05, 0.1) is 25.2 Å². The van der Waals surface area contributed by atoms with Crippen LogP contribution in [0.15, 0.2) is 31.5 Å². The maximum absolute atomic E-state index is 13.6. The van der Waals surface area contributed by atoms with Crippen molar-refractivity contribution in [2.75, 3.05) is 32.7 Å². The molecule has 244 valence electrons. The first-order chi connectivity index (χ1) is 21.4. The Labute approximate surface area is 265 Å². The molecule has 0 radical (unpaired) electrons. The van der Waals surface area contributed by atoms with Crippen molar-refractivity contribution in [3.63, 3.8) is 0 Å². The molecular formula is C34H48N6O5. The van der Waals surface area contributed by atoms with Gasteiger partial charge in [0.25, 0.3) is 0 Å². The van der Waals surface area contributed by atoms with Gasteiger partial charge in [-0.1, -0.05) is 33.8 Å². The lowest BCUT2D eigenvalue weighted by Crippen LogP contribution is -2.63. The van der Waals surface area contributed by atoms with E-state index in [1.165, 1.54) is 6.33 Å². The smallest absolute Gasteiger partial charge is 0.320 e. The third-order valence-electron chi connectivity index (χ3n) is 12.5. The van der Waals surface area contributed by atoms with Crippen LogP contribution in [0.2, 0.25) is 0 Å². The highest BCUT2D eigenvalue weighted by Crippen LogP contribution is 2.68. The Bertz CT molecular complexity index is 1470. The number of hydrogen-bond acceptors (Lipinski definition) is 9. The summed E-state index contributed by atoms with van der Waals surface area (Å²) in [6.07, 6.45) is 9.34. The summed E-state index contributed by atoms with van der Waals surface area (Å²) < 4.78 is 8.29. The number of Topliss-reactive ketones (excluding diaryl/α,β-unsaturated/α-hetero) is 1. The number of imidazole rings is 1. The molecule has 1 aliphatic heterocycles. The fraction of sp³-hybridized carbons (Fsp3) is 0.706. The Morgan fingerprint density at radius 1 is 1.16 bits per heavy atom. The van der Waals surface area contributed by atoms with Crippen LogP contribution in [0, 0.1) is 34.0 Å². The van der Waals surface area contributed by atoms with Crippen molar-refractivity contribution in [1.82, 2.24) is 29.3 Å². The minimum absolute atomic E-state index is 0.0584. The van der Waals surface area contributed by atoms with Gasteiger partial charge in [-0.15, -0.1) is 6.58 Å². The van der Waals surface area contributed by atoms with Gasteiger partial charge in [-0.3, -0.25) is 19.3 Å². The van der Waals surface area contributed by atoms with Crippen LogP contribution in [-0.4, -0.2) is 97.0 Å². The number of aryl methyl sites for hydroxylation is 1. The Kier molecular flexibility index (Phi) is 8.39. The van der Waals surface area contributed by atoms with Crippen LogP contribution < -0.4 is 0 Å². The quantitative estimate of drug-likeness (QED) is 0.366. The number of piperazine rings is 1. The number of hydrogen-bond donors (Lipinski definition) is 1. The maximum atomic E-state index is 13.6. The number of ketones is 1. The first-order valence-corrected chi connectivity index (χ1v) is 16.6. The number of aromatic nitrogens is 4. The van der Waals surface area contributed by atoms with E-state index in [-0.39, 0.29) is 47.4 Å². The van der Waals surface area contributed by atoms with Gasteiger partial charge in [-0.25, -0.2) is 15.0 Å². The largest absolute Gasteiger partial charge is 0.461 e. The maximum Gasteiger partial charge on any atom is 0.320 e. The summed E-state index contributed by atoms with van der Waals surface area (Å²) in [5, 5.41) is 11.7. The zero-order valence-electron chi connectivity index (χ0n) is 27.2. The monoisotopic (exact) mass is 620 g/mol. The number of carbonyl (C=O) groups excluding carboxylic acids is 3. The Balaban J connectivity index is 1.10. The molecule has 4 fully saturated rings. The van der Waals surface area contributed by atoms with Crippen LogP contribution in [0.4, 0.5) is 0 Å². The van der Waals surface area contributed by atoms with Crippen molar-refractivity contribution in [1.29, 1.82) is 0 Å². The second-order valence-corrected chi connectivity index (χ2v) is 14.6. The number of carbonyl (C=O) groups is 3. The van der Waals surface area contributed by atoms with Crippen LogP contribution in [0.25, 0.3) is 11.2 Å². The second kappa shape index (κ2) is 11.9. The summed E-state index contributed by atoms with van der Waals surface area (Å²) in [5.74, 6) is -0.127. The van der Waals surface area contributed by atoms with Crippen molar-refractivity contribution < 1.29 is 24.2 Å². The molecule has 1 N–H and O–H groups in total. The van der Waals surface area contributed by atoms with Gasteiger partial charge >= 0.3 is 5.97 Å². The molecular weight excluding hydrogens is 572 g/mol. The SMILES string of the molecule is C=C[C@]1(C)C[C@@H](OC(=O)CN2CCN(C(=O)CCn3cnc4cncnc43)CC2)[C@]2(C)[C@H](C)CC[C@]3(CCC(=O)[C@H]32)[C@@H](C)[C@@H]1O. The third-order valence-corrected chi connectivity index (χ3v) is 12.5. The fourth-order valence-electron chi connectivity index (χ4n) is 9.39. The molecule has 3 heterocycles. The molecule has 11 heteroatoms. The first kappa shape index (κ1) is 31.8. The van der Waals surface area contributed by atoms with Gasteiger partial charge < -0.3 is 19.3 Å². The Morgan fingerprint density at radius 2 is 1.91 bits per heavy atom. The molecule has 11 nitrogen and oxygen atoms in total. The van der Waals surface area contributed by atoms with E-state index in [4.69, 9.17) is 4.74 Å². The summed E-state index contributed by atoms with van der Waals surface area (Å²) in [4.78, 5) is 56.7. The molecule has 4 aliphatic rings. The Hall–Kier alpha value is -3.18. The average molecular weight is 621 g/mol. The zero-order chi connectivity index (χ0) is 32.1. The molecule has 0 aromatic carbocycles.